The molecular formula is C13H7Cl3FNO2. The summed E-state index contributed by atoms with van der Waals surface area (Å²) in [6, 6.07) is 5.45. The van der Waals surface area contributed by atoms with Gasteiger partial charge in [-0.1, -0.05) is 40.9 Å². The third-order valence-electron chi connectivity index (χ3n) is 2.58. The molecule has 0 aliphatic carbocycles. The van der Waals surface area contributed by atoms with E-state index in [1.165, 1.54) is 18.2 Å². The summed E-state index contributed by atoms with van der Waals surface area (Å²) in [7, 11) is 0. The van der Waals surface area contributed by atoms with Crippen molar-refractivity contribution in [1.82, 2.24) is 4.98 Å². The third-order valence-corrected chi connectivity index (χ3v) is 3.87. The fraction of sp³-hybridized carbons (Fsp3) is 0.0769. The molecule has 0 fully saturated rings. The SMILES string of the molecule is O=C(O)Cc1ccc(F)nc1-c1ccc(Cl)c(Cl)c1Cl. The van der Waals surface area contributed by atoms with E-state index in [0.717, 1.165) is 6.07 Å². The summed E-state index contributed by atoms with van der Waals surface area (Å²) < 4.78 is 13.3. The van der Waals surface area contributed by atoms with Crippen LogP contribution in [-0.2, 0) is 11.2 Å². The Labute approximate surface area is 128 Å². The van der Waals surface area contributed by atoms with Crippen LogP contribution in [0.15, 0.2) is 24.3 Å². The van der Waals surface area contributed by atoms with Gasteiger partial charge in [0.25, 0.3) is 0 Å². The Morgan fingerprint density at radius 2 is 1.85 bits per heavy atom. The average molecular weight is 335 g/mol. The molecule has 1 aromatic carbocycles. The minimum absolute atomic E-state index is 0.101. The van der Waals surface area contributed by atoms with Gasteiger partial charge in [-0.3, -0.25) is 4.79 Å². The molecule has 0 saturated carbocycles. The maximum atomic E-state index is 13.3. The summed E-state index contributed by atoms with van der Waals surface area (Å²) in [5, 5.41) is 9.33. The Morgan fingerprint density at radius 1 is 1.15 bits per heavy atom. The van der Waals surface area contributed by atoms with Crippen molar-refractivity contribution in [3.05, 3.63) is 50.8 Å². The van der Waals surface area contributed by atoms with Gasteiger partial charge >= 0.3 is 5.97 Å². The zero-order chi connectivity index (χ0) is 14.9. The molecule has 0 radical (unpaired) electrons. The number of halogens is 4. The van der Waals surface area contributed by atoms with E-state index in [-0.39, 0.29) is 27.2 Å². The zero-order valence-corrected chi connectivity index (χ0v) is 12.1. The van der Waals surface area contributed by atoms with Gasteiger partial charge in [-0.05, 0) is 23.8 Å². The van der Waals surface area contributed by atoms with E-state index in [1.54, 1.807) is 0 Å². The van der Waals surface area contributed by atoms with E-state index < -0.39 is 11.9 Å². The highest BCUT2D eigenvalue weighted by Gasteiger charge is 2.17. The van der Waals surface area contributed by atoms with Gasteiger partial charge in [-0.25, -0.2) is 4.98 Å². The van der Waals surface area contributed by atoms with E-state index >= 15 is 0 Å². The highest BCUT2D eigenvalue weighted by Crippen LogP contribution is 2.38. The molecule has 2 rings (SSSR count). The summed E-state index contributed by atoms with van der Waals surface area (Å²) in [6.07, 6.45) is -0.306. The summed E-state index contributed by atoms with van der Waals surface area (Å²) >= 11 is 17.8. The molecule has 20 heavy (non-hydrogen) atoms. The number of carbonyl (C=O) groups is 1. The molecule has 0 spiro atoms. The van der Waals surface area contributed by atoms with Crippen LogP contribution in [0.3, 0.4) is 0 Å². The molecule has 0 unspecified atom stereocenters. The first-order chi connectivity index (χ1) is 9.40. The molecular weight excluding hydrogens is 328 g/mol. The molecule has 0 amide bonds. The molecule has 0 aliphatic heterocycles. The standard InChI is InChI=1S/C13H7Cl3FNO2/c14-8-3-2-7(11(15)12(8)16)13-6(5-10(19)20)1-4-9(17)18-13/h1-4H,5H2,(H,19,20). The molecule has 1 aromatic heterocycles. The van der Waals surface area contributed by atoms with Crippen LogP contribution in [0.4, 0.5) is 4.39 Å². The number of rotatable bonds is 3. The van der Waals surface area contributed by atoms with E-state index in [1.807, 2.05) is 0 Å². The highest BCUT2D eigenvalue weighted by molar-refractivity contribution is 6.49. The number of aromatic nitrogens is 1. The Kier molecular flexibility index (Phi) is 4.48. The van der Waals surface area contributed by atoms with E-state index in [4.69, 9.17) is 39.9 Å². The molecule has 0 bridgehead atoms. The average Bonchev–Trinajstić information content (AvgIpc) is 2.38. The van der Waals surface area contributed by atoms with Crippen molar-refractivity contribution < 1.29 is 14.3 Å². The summed E-state index contributed by atoms with van der Waals surface area (Å²) in [4.78, 5) is 14.6. The molecule has 1 heterocycles. The number of carboxylic acids is 1. The normalized spacial score (nSPS) is 10.6. The quantitative estimate of drug-likeness (QED) is 0.665. The molecule has 104 valence electrons. The van der Waals surface area contributed by atoms with Crippen molar-refractivity contribution in [3.8, 4) is 11.3 Å². The van der Waals surface area contributed by atoms with Gasteiger partial charge in [-0.15, -0.1) is 0 Å². The van der Waals surface area contributed by atoms with Crippen molar-refractivity contribution in [3.63, 3.8) is 0 Å². The van der Waals surface area contributed by atoms with E-state index in [0.29, 0.717) is 11.1 Å². The first-order valence-electron chi connectivity index (χ1n) is 5.41. The molecule has 7 heteroatoms. The van der Waals surface area contributed by atoms with Gasteiger partial charge in [0, 0.05) is 5.56 Å². The smallest absolute Gasteiger partial charge is 0.307 e. The van der Waals surface area contributed by atoms with Gasteiger partial charge in [0.2, 0.25) is 5.95 Å². The number of aliphatic carboxylic acids is 1. The van der Waals surface area contributed by atoms with Gasteiger partial charge in [-0.2, -0.15) is 4.39 Å². The Hall–Kier alpha value is -1.36. The lowest BCUT2D eigenvalue weighted by Crippen LogP contribution is -2.04. The van der Waals surface area contributed by atoms with Gasteiger partial charge < -0.3 is 5.11 Å². The van der Waals surface area contributed by atoms with Crippen molar-refractivity contribution in [1.29, 1.82) is 0 Å². The lowest BCUT2D eigenvalue weighted by atomic mass is 10.0. The van der Waals surface area contributed by atoms with Crippen LogP contribution in [0.5, 0.6) is 0 Å². The summed E-state index contributed by atoms with van der Waals surface area (Å²) in [5.41, 5.74) is 0.798. The lowest BCUT2D eigenvalue weighted by Gasteiger charge is -2.10. The topological polar surface area (TPSA) is 50.2 Å². The molecule has 2 aromatic rings. The van der Waals surface area contributed by atoms with Crippen molar-refractivity contribution in [2.45, 2.75) is 6.42 Å². The number of pyridine rings is 1. The van der Waals surface area contributed by atoms with Gasteiger partial charge in [0.1, 0.15) is 0 Å². The highest BCUT2D eigenvalue weighted by atomic mass is 35.5. The van der Waals surface area contributed by atoms with Crippen LogP contribution in [0, 0.1) is 5.95 Å². The minimum atomic E-state index is -1.06. The van der Waals surface area contributed by atoms with E-state index in [2.05, 4.69) is 4.98 Å². The van der Waals surface area contributed by atoms with Crippen LogP contribution in [0.1, 0.15) is 5.56 Å². The number of benzene rings is 1. The largest absolute Gasteiger partial charge is 0.481 e. The van der Waals surface area contributed by atoms with Crippen LogP contribution < -0.4 is 0 Å². The predicted octanol–water partition coefficient (Wildman–Crippen LogP) is 4.48. The number of hydrogen-bond donors (Lipinski definition) is 1. The lowest BCUT2D eigenvalue weighted by molar-refractivity contribution is -0.136. The second-order valence-corrected chi connectivity index (χ2v) is 5.10. The first kappa shape index (κ1) is 15.0. The summed E-state index contributed by atoms with van der Waals surface area (Å²) in [6.45, 7) is 0. The summed E-state index contributed by atoms with van der Waals surface area (Å²) in [5.74, 6) is -1.80. The fourth-order valence-corrected chi connectivity index (χ4v) is 2.34. The molecule has 0 saturated heterocycles. The van der Waals surface area contributed by atoms with Crippen LogP contribution in [0.2, 0.25) is 15.1 Å². The van der Waals surface area contributed by atoms with Gasteiger partial charge in [0.15, 0.2) is 0 Å². The maximum absolute atomic E-state index is 13.3. The number of carboxylic acid groups (broad SMARTS) is 1. The van der Waals surface area contributed by atoms with Crippen molar-refractivity contribution in [2.24, 2.45) is 0 Å². The van der Waals surface area contributed by atoms with Crippen molar-refractivity contribution in [2.75, 3.05) is 0 Å². The van der Waals surface area contributed by atoms with Crippen LogP contribution in [-0.4, -0.2) is 16.1 Å². The molecule has 3 nitrogen and oxygen atoms in total. The molecule has 0 atom stereocenters. The Bertz CT molecular complexity index is 692. The van der Waals surface area contributed by atoms with E-state index in [9.17, 15) is 9.18 Å². The fourth-order valence-electron chi connectivity index (χ4n) is 1.71. The molecule has 0 aliphatic rings. The number of nitrogens with zero attached hydrogens (tertiary/aromatic N) is 1. The van der Waals surface area contributed by atoms with Crippen molar-refractivity contribution >= 4 is 40.8 Å². The van der Waals surface area contributed by atoms with Crippen LogP contribution >= 0.6 is 34.8 Å². The molecule has 1 N–H and O–H groups in total. The first-order valence-corrected chi connectivity index (χ1v) is 6.54. The maximum Gasteiger partial charge on any atom is 0.307 e. The van der Waals surface area contributed by atoms with Gasteiger partial charge in [0.05, 0.1) is 27.2 Å². The zero-order valence-electron chi connectivity index (χ0n) is 9.83. The minimum Gasteiger partial charge on any atom is -0.481 e. The monoisotopic (exact) mass is 333 g/mol. The third kappa shape index (κ3) is 3.03. The second-order valence-electron chi connectivity index (χ2n) is 3.94. The second kappa shape index (κ2) is 5.95. The Morgan fingerprint density at radius 3 is 2.50 bits per heavy atom. The predicted molar refractivity (Wildman–Crippen MR) is 76.0 cm³/mol. The number of hydrogen-bond acceptors (Lipinski definition) is 2. The Balaban J connectivity index is 2.65. The van der Waals surface area contributed by atoms with Crippen LogP contribution in [0.25, 0.3) is 11.3 Å².